The maximum atomic E-state index is 6.14. The molecule has 0 spiro atoms. The second kappa shape index (κ2) is 4.77. The third kappa shape index (κ3) is 2.85. The van der Waals surface area contributed by atoms with E-state index < -0.39 is 0 Å². The van der Waals surface area contributed by atoms with E-state index in [9.17, 15) is 0 Å². The Morgan fingerprint density at radius 3 is 2.75 bits per heavy atom. The van der Waals surface area contributed by atoms with Crippen molar-refractivity contribution in [2.45, 2.75) is 71.6 Å². The van der Waals surface area contributed by atoms with Gasteiger partial charge in [0.15, 0.2) is 0 Å². The molecule has 1 atom stereocenters. The van der Waals surface area contributed by atoms with Gasteiger partial charge in [-0.2, -0.15) is 0 Å². The normalized spacial score (nSPS) is 26.3. The Hall–Kier alpha value is -1.02. The van der Waals surface area contributed by atoms with Gasteiger partial charge in [0.05, 0.1) is 0 Å². The summed E-state index contributed by atoms with van der Waals surface area (Å²) in [4.78, 5) is 0. The smallest absolute Gasteiger partial charge is 0.127 e. The van der Waals surface area contributed by atoms with E-state index in [-0.39, 0.29) is 5.60 Å². The standard InChI is InChI=1S/C18H27NO/c1-17(2)9-8-15(11-17)19-12-14-7-5-6-13-10-18(3,4)20-16(13)14/h5-7,15,19H,8-12H2,1-4H3. The van der Waals surface area contributed by atoms with Crippen LogP contribution in [0.15, 0.2) is 18.2 Å². The predicted octanol–water partition coefficient (Wildman–Crippen LogP) is 4.07. The maximum absolute atomic E-state index is 6.14. The Balaban J connectivity index is 1.67. The van der Waals surface area contributed by atoms with Crippen molar-refractivity contribution in [2.75, 3.05) is 0 Å². The number of benzene rings is 1. The number of para-hydroxylation sites is 1. The highest BCUT2D eigenvalue weighted by Gasteiger charge is 2.33. The first-order valence-electron chi connectivity index (χ1n) is 7.88. The van der Waals surface area contributed by atoms with Gasteiger partial charge in [0, 0.05) is 24.6 Å². The molecule has 2 nitrogen and oxygen atoms in total. The minimum atomic E-state index is -0.0478. The molecule has 0 aromatic heterocycles. The van der Waals surface area contributed by atoms with Gasteiger partial charge in [-0.25, -0.2) is 0 Å². The van der Waals surface area contributed by atoms with Crippen molar-refractivity contribution < 1.29 is 4.74 Å². The van der Waals surface area contributed by atoms with Crippen molar-refractivity contribution in [3.63, 3.8) is 0 Å². The predicted molar refractivity (Wildman–Crippen MR) is 83.1 cm³/mol. The molecular formula is C18H27NO. The summed E-state index contributed by atoms with van der Waals surface area (Å²) in [6.07, 6.45) is 4.94. The van der Waals surface area contributed by atoms with Crippen molar-refractivity contribution in [3.8, 4) is 5.75 Å². The molecule has 1 aromatic carbocycles. The van der Waals surface area contributed by atoms with Crippen LogP contribution in [0.2, 0.25) is 0 Å². The molecule has 1 aromatic rings. The Bertz CT molecular complexity index is 504. The summed E-state index contributed by atoms with van der Waals surface area (Å²) >= 11 is 0. The van der Waals surface area contributed by atoms with Crippen LogP contribution in [0, 0.1) is 5.41 Å². The van der Waals surface area contributed by atoms with Crippen LogP contribution in [-0.2, 0) is 13.0 Å². The monoisotopic (exact) mass is 273 g/mol. The average molecular weight is 273 g/mol. The SMILES string of the molecule is CC1(C)CCC(NCc2cccc3c2OC(C)(C)C3)C1. The molecule has 0 radical (unpaired) electrons. The Kier molecular flexibility index (Phi) is 3.32. The topological polar surface area (TPSA) is 21.3 Å². The molecule has 1 saturated carbocycles. The minimum Gasteiger partial charge on any atom is -0.487 e. The van der Waals surface area contributed by atoms with E-state index in [1.165, 1.54) is 30.4 Å². The Labute approximate surface area is 122 Å². The Morgan fingerprint density at radius 1 is 1.25 bits per heavy atom. The number of ether oxygens (including phenoxy) is 1. The fraction of sp³-hybridized carbons (Fsp3) is 0.667. The molecule has 1 aliphatic carbocycles. The second-order valence-electron chi connectivity index (χ2n) is 7.93. The van der Waals surface area contributed by atoms with E-state index >= 15 is 0 Å². The molecule has 0 saturated heterocycles. The van der Waals surface area contributed by atoms with Crippen LogP contribution in [0.1, 0.15) is 58.1 Å². The molecule has 3 rings (SSSR count). The third-order valence-corrected chi connectivity index (χ3v) is 4.72. The van der Waals surface area contributed by atoms with Gasteiger partial charge in [-0.15, -0.1) is 0 Å². The van der Waals surface area contributed by atoms with Gasteiger partial charge in [0.1, 0.15) is 11.4 Å². The lowest BCUT2D eigenvalue weighted by Crippen LogP contribution is -2.27. The van der Waals surface area contributed by atoms with Gasteiger partial charge in [-0.3, -0.25) is 0 Å². The quantitative estimate of drug-likeness (QED) is 0.896. The number of nitrogens with one attached hydrogen (secondary N) is 1. The summed E-state index contributed by atoms with van der Waals surface area (Å²) < 4.78 is 6.14. The van der Waals surface area contributed by atoms with Crippen LogP contribution in [0.5, 0.6) is 5.75 Å². The largest absolute Gasteiger partial charge is 0.487 e. The number of hydrogen-bond acceptors (Lipinski definition) is 2. The molecule has 20 heavy (non-hydrogen) atoms. The molecule has 1 aliphatic heterocycles. The van der Waals surface area contributed by atoms with Gasteiger partial charge < -0.3 is 10.1 Å². The van der Waals surface area contributed by atoms with Gasteiger partial charge in [-0.1, -0.05) is 32.0 Å². The van der Waals surface area contributed by atoms with Crippen LogP contribution in [0.4, 0.5) is 0 Å². The van der Waals surface area contributed by atoms with Gasteiger partial charge >= 0.3 is 0 Å². The van der Waals surface area contributed by atoms with Gasteiger partial charge in [0.2, 0.25) is 0 Å². The fourth-order valence-corrected chi connectivity index (χ4v) is 3.68. The van der Waals surface area contributed by atoms with E-state index in [1.807, 2.05) is 0 Å². The van der Waals surface area contributed by atoms with E-state index in [1.54, 1.807) is 0 Å². The van der Waals surface area contributed by atoms with Crippen molar-refractivity contribution in [2.24, 2.45) is 5.41 Å². The summed E-state index contributed by atoms with van der Waals surface area (Å²) in [6.45, 7) is 10.0. The van der Waals surface area contributed by atoms with Crippen molar-refractivity contribution >= 4 is 0 Å². The lowest BCUT2D eigenvalue weighted by Gasteiger charge is -2.20. The summed E-state index contributed by atoms with van der Waals surface area (Å²) in [5, 5.41) is 3.73. The van der Waals surface area contributed by atoms with Crippen LogP contribution in [0.3, 0.4) is 0 Å². The lowest BCUT2D eigenvalue weighted by atomic mass is 9.92. The summed E-state index contributed by atoms with van der Waals surface area (Å²) in [7, 11) is 0. The molecule has 1 unspecified atom stereocenters. The maximum Gasteiger partial charge on any atom is 0.127 e. The highest BCUT2D eigenvalue weighted by Crippen LogP contribution is 2.39. The van der Waals surface area contributed by atoms with Crippen molar-refractivity contribution in [1.82, 2.24) is 5.32 Å². The van der Waals surface area contributed by atoms with Crippen LogP contribution in [-0.4, -0.2) is 11.6 Å². The highest BCUT2D eigenvalue weighted by molar-refractivity contribution is 5.45. The lowest BCUT2D eigenvalue weighted by molar-refractivity contribution is 0.137. The molecule has 2 heteroatoms. The first-order chi connectivity index (χ1) is 9.35. The number of fused-ring (bicyclic) bond motifs is 1. The van der Waals surface area contributed by atoms with E-state index in [0.717, 1.165) is 18.7 Å². The molecule has 1 fully saturated rings. The second-order valence-corrected chi connectivity index (χ2v) is 7.93. The molecule has 1 heterocycles. The van der Waals surface area contributed by atoms with Crippen LogP contribution in [0.25, 0.3) is 0 Å². The molecular weight excluding hydrogens is 246 g/mol. The zero-order valence-corrected chi connectivity index (χ0v) is 13.3. The zero-order valence-electron chi connectivity index (χ0n) is 13.3. The van der Waals surface area contributed by atoms with Gasteiger partial charge in [-0.05, 0) is 44.1 Å². The number of hydrogen-bond donors (Lipinski definition) is 1. The molecule has 0 bridgehead atoms. The average Bonchev–Trinajstić information content (AvgIpc) is 2.84. The first kappa shape index (κ1) is 13.9. The molecule has 0 amide bonds. The first-order valence-corrected chi connectivity index (χ1v) is 7.88. The van der Waals surface area contributed by atoms with E-state index in [0.29, 0.717) is 11.5 Å². The van der Waals surface area contributed by atoms with E-state index in [2.05, 4.69) is 51.2 Å². The van der Waals surface area contributed by atoms with Crippen LogP contribution < -0.4 is 10.1 Å². The highest BCUT2D eigenvalue weighted by atomic mass is 16.5. The molecule has 2 aliphatic rings. The Morgan fingerprint density at radius 2 is 2.05 bits per heavy atom. The van der Waals surface area contributed by atoms with Crippen LogP contribution >= 0.6 is 0 Å². The van der Waals surface area contributed by atoms with Gasteiger partial charge in [0.25, 0.3) is 0 Å². The summed E-state index contributed by atoms with van der Waals surface area (Å²) in [5.41, 5.74) is 3.14. The molecule has 110 valence electrons. The van der Waals surface area contributed by atoms with E-state index in [4.69, 9.17) is 4.74 Å². The minimum absolute atomic E-state index is 0.0478. The summed E-state index contributed by atoms with van der Waals surface area (Å²) in [6, 6.07) is 7.23. The zero-order chi connectivity index (χ0) is 14.4. The third-order valence-electron chi connectivity index (χ3n) is 4.72. The van der Waals surface area contributed by atoms with Crippen molar-refractivity contribution in [1.29, 1.82) is 0 Å². The fourth-order valence-electron chi connectivity index (χ4n) is 3.68. The number of rotatable bonds is 3. The van der Waals surface area contributed by atoms with Crippen molar-refractivity contribution in [3.05, 3.63) is 29.3 Å². The molecule has 1 N–H and O–H groups in total. The summed E-state index contributed by atoms with van der Waals surface area (Å²) in [5.74, 6) is 1.13.